The van der Waals surface area contributed by atoms with E-state index >= 15 is 0 Å². The minimum Gasteiger partial charge on any atom is -0.381 e. The first-order valence-corrected chi connectivity index (χ1v) is 17.4. The number of hydrogen-bond acceptors (Lipinski definition) is 4. The average molecular weight is 552 g/mol. The lowest BCUT2D eigenvalue weighted by molar-refractivity contribution is 0.126. The fourth-order valence-corrected chi connectivity index (χ4v) is 6.28. The summed E-state index contributed by atoms with van der Waals surface area (Å²) in [6, 6.07) is 5.39. The molecule has 0 N–H and O–H groups in total. The van der Waals surface area contributed by atoms with E-state index in [1.807, 2.05) is 24.7 Å². The van der Waals surface area contributed by atoms with Gasteiger partial charge in [0.25, 0.3) is 0 Å². The molecule has 2 aromatic rings. The van der Waals surface area contributed by atoms with Crippen LogP contribution in [0.4, 0.5) is 0 Å². The molecule has 5 heteroatoms. The van der Waals surface area contributed by atoms with Gasteiger partial charge in [-0.1, -0.05) is 111 Å². The van der Waals surface area contributed by atoms with Gasteiger partial charge >= 0.3 is 0 Å². The van der Waals surface area contributed by atoms with Crippen molar-refractivity contribution in [3.63, 3.8) is 0 Å². The van der Waals surface area contributed by atoms with Gasteiger partial charge in [-0.05, 0) is 49.7 Å². The molecule has 0 spiro atoms. The summed E-state index contributed by atoms with van der Waals surface area (Å²) in [4.78, 5) is 14.2. The second-order valence-corrected chi connectivity index (χ2v) is 13.0. The molecular weight excluding hydrogens is 494 g/mol. The van der Waals surface area contributed by atoms with E-state index in [-0.39, 0.29) is 0 Å². The molecule has 0 saturated carbocycles. The van der Waals surface area contributed by atoms with Crippen molar-refractivity contribution in [2.24, 2.45) is 11.8 Å². The Morgan fingerprint density at radius 1 is 0.718 bits per heavy atom. The molecule has 2 atom stereocenters. The van der Waals surface area contributed by atoms with E-state index in [1.54, 1.807) is 0 Å². The molecule has 39 heavy (non-hydrogen) atoms. The monoisotopic (exact) mass is 551 g/mol. The van der Waals surface area contributed by atoms with Gasteiger partial charge in [0, 0.05) is 36.5 Å². The second kappa shape index (κ2) is 22.1. The van der Waals surface area contributed by atoms with E-state index < -0.39 is 0 Å². The number of aryl methyl sites for hydroxylation is 1. The van der Waals surface area contributed by atoms with Gasteiger partial charge in [0.1, 0.15) is 9.52 Å². The van der Waals surface area contributed by atoms with Gasteiger partial charge in [-0.2, -0.15) is 0 Å². The van der Waals surface area contributed by atoms with Crippen molar-refractivity contribution < 1.29 is 4.74 Å². The molecule has 218 valence electrons. The molecule has 0 aliphatic rings. The molecule has 4 nitrogen and oxygen atoms in total. The minimum absolute atomic E-state index is 0.732. The number of rotatable bonds is 24. The highest BCUT2D eigenvalue weighted by molar-refractivity contribution is 6.54. The van der Waals surface area contributed by atoms with Crippen molar-refractivity contribution in [1.29, 1.82) is 0 Å². The number of ether oxygens (including phenoxy) is 1. The highest BCUT2D eigenvalue weighted by Crippen LogP contribution is 2.21. The van der Waals surface area contributed by atoms with Crippen LogP contribution < -0.4 is 5.32 Å². The number of unbranched alkanes of at least 4 members (excludes halogenated alkanes) is 7. The molecule has 2 radical (unpaired) electrons. The Morgan fingerprint density at radius 2 is 1.41 bits per heavy atom. The van der Waals surface area contributed by atoms with Gasteiger partial charge in [-0.3, -0.25) is 15.0 Å². The molecule has 0 fully saturated rings. The minimum atomic E-state index is 0.732. The van der Waals surface area contributed by atoms with Crippen LogP contribution in [-0.2, 0) is 11.2 Å². The van der Waals surface area contributed by atoms with Crippen LogP contribution in [0.1, 0.15) is 130 Å². The summed E-state index contributed by atoms with van der Waals surface area (Å²) in [5.74, 6) is 1.74. The van der Waals surface area contributed by atoms with E-state index in [1.165, 1.54) is 94.8 Å². The molecular formula is C34H57N3OSi. The summed E-state index contributed by atoms with van der Waals surface area (Å²) in [5.41, 5.74) is 3.17. The van der Waals surface area contributed by atoms with Crippen LogP contribution in [0.15, 0.2) is 30.7 Å². The first kappa shape index (κ1) is 33.6. The number of aromatic nitrogens is 3. The third-order valence-electron chi connectivity index (χ3n) is 7.77. The van der Waals surface area contributed by atoms with Crippen molar-refractivity contribution in [2.45, 2.75) is 136 Å². The SMILES string of the molecule is CCCCCCOCCCCc1cnc(-c2cccnc2[Si]CCCCC(C)CCC(C)CCCCC)cn1. The van der Waals surface area contributed by atoms with Gasteiger partial charge in [0.05, 0.1) is 17.6 Å². The van der Waals surface area contributed by atoms with Crippen molar-refractivity contribution in [3.05, 3.63) is 36.4 Å². The van der Waals surface area contributed by atoms with Crippen LogP contribution in [0.3, 0.4) is 0 Å². The predicted molar refractivity (Wildman–Crippen MR) is 169 cm³/mol. The van der Waals surface area contributed by atoms with E-state index in [2.05, 4.69) is 33.8 Å². The lowest BCUT2D eigenvalue weighted by Gasteiger charge is -2.15. The molecule has 0 amide bonds. The Kier molecular flexibility index (Phi) is 19.1. The fourth-order valence-electron chi connectivity index (χ4n) is 5.04. The maximum atomic E-state index is 5.76. The number of nitrogens with zero attached hydrogens (tertiary/aromatic N) is 3. The summed E-state index contributed by atoms with van der Waals surface area (Å²) in [6.07, 6.45) is 26.4. The van der Waals surface area contributed by atoms with Gasteiger partial charge in [0.2, 0.25) is 0 Å². The Bertz CT molecular complexity index is 845. The van der Waals surface area contributed by atoms with Crippen LogP contribution in [0.5, 0.6) is 0 Å². The zero-order valence-electron chi connectivity index (χ0n) is 25.7. The Hall–Kier alpha value is -1.59. The highest BCUT2D eigenvalue weighted by Gasteiger charge is 2.10. The number of pyridine rings is 1. The van der Waals surface area contributed by atoms with Crippen LogP contribution in [0.2, 0.25) is 6.04 Å². The van der Waals surface area contributed by atoms with E-state index in [4.69, 9.17) is 19.7 Å². The molecule has 0 aliphatic heterocycles. The molecule has 0 saturated heterocycles. The topological polar surface area (TPSA) is 47.9 Å². The standard InChI is InChI=1S/C34H57N3OSi/c1-5-7-9-13-24-38-25-14-11-19-31-27-37-33(28-36-31)32-20-16-23-35-34(32)39-26-15-12-18-30(4)22-21-29(3)17-10-8-6-2/h16,20,23,27-30H,5-15,17-19,21-22,24-26H2,1-4H3. The Balaban J connectivity index is 1.64. The average Bonchev–Trinajstić information content (AvgIpc) is 2.96. The molecule has 0 aromatic carbocycles. The van der Waals surface area contributed by atoms with E-state index in [0.29, 0.717) is 0 Å². The quantitative estimate of drug-likeness (QED) is 0.0964. The van der Waals surface area contributed by atoms with E-state index in [9.17, 15) is 0 Å². The summed E-state index contributed by atoms with van der Waals surface area (Å²) in [6.45, 7) is 11.2. The molecule has 2 unspecified atom stereocenters. The van der Waals surface area contributed by atoms with Crippen LogP contribution >= 0.6 is 0 Å². The zero-order valence-corrected chi connectivity index (χ0v) is 26.7. The third kappa shape index (κ3) is 15.7. The van der Waals surface area contributed by atoms with Crippen molar-refractivity contribution in [2.75, 3.05) is 13.2 Å². The summed E-state index contributed by atoms with van der Waals surface area (Å²) in [7, 11) is 0.732. The summed E-state index contributed by atoms with van der Waals surface area (Å²) >= 11 is 0. The van der Waals surface area contributed by atoms with Gasteiger partial charge in [0.15, 0.2) is 0 Å². The second-order valence-electron chi connectivity index (χ2n) is 11.6. The highest BCUT2D eigenvalue weighted by atomic mass is 28.2. The largest absolute Gasteiger partial charge is 0.381 e. The third-order valence-corrected chi connectivity index (χ3v) is 9.11. The van der Waals surface area contributed by atoms with Crippen molar-refractivity contribution >= 4 is 14.8 Å². The van der Waals surface area contributed by atoms with Crippen molar-refractivity contribution in [1.82, 2.24) is 15.0 Å². The molecule has 0 aliphatic carbocycles. The Morgan fingerprint density at radius 3 is 2.10 bits per heavy atom. The molecule has 2 aromatic heterocycles. The summed E-state index contributed by atoms with van der Waals surface area (Å²) < 4.78 is 5.76. The Labute approximate surface area is 243 Å². The molecule has 0 bridgehead atoms. The molecule has 2 heterocycles. The first-order valence-electron chi connectivity index (χ1n) is 16.2. The first-order chi connectivity index (χ1) is 19.1. The molecule has 2 rings (SSSR count). The fraction of sp³-hybridized carbons (Fsp3) is 0.735. The summed E-state index contributed by atoms with van der Waals surface area (Å²) in [5, 5.41) is 1.18. The number of hydrogen-bond donors (Lipinski definition) is 0. The van der Waals surface area contributed by atoms with Crippen molar-refractivity contribution in [3.8, 4) is 11.3 Å². The normalized spacial score (nSPS) is 13.0. The zero-order chi connectivity index (χ0) is 28.0. The van der Waals surface area contributed by atoms with Crippen LogP contribution in [0.25, 0.3) is 11.3 Å². The maximum Gasteiger partial charge on any atom is 0.108 e. The van der Waals surface area contributed by atoms with Crippen LogP contribution in [-0.4, -0.2) is 37.7 Å². The van der Waals surface area contributed by atoms with Crippen LogP contribution in [0, 0.1) is 11.8 Å². The lowest BCUT2D eigenvalue weighted by atomic mass is 9.91. The predicted octanol–water partition coefficient (Wildman–Crippen LogP) is 9.01. The lowest BCUT2D eigenvalue weighted by Crippen LogP contribution is -2.21. The van der Waals surface area contributed by atoms with Gasteiger partial charge < -0.3 is 4.74 Å². The maximum absolute atomic E-state index is 5.76. The van der Waals surface area contributed by atoms with Gasteiger partial charge in [-0.25, -0.2) is 0 Å². The smallest absolute Gasteiger partial charge is 0.108 e. The van der Waals surface area contributed by atoms with E-state index in [0.717, 1.165) is 70.8 Å². The van der Waals surface area contributed by atoms with Gasteiger partial charge in [-0.15, -0.1) is 0 Å².